The molecule has 0 spiro atoms. The molecule has 1 aromatic heterocycles. The number of benzene rings is 1. The Balaban J connectivity index is 2.53. The molecule has 0 radical (unpaired) electrons. The van der Waals surface area contributed by atoms with E-state index in [4.69, 9.17) is 5.11 Å². The molecular formula is C12H12N2O2. The van der Waals surface area contributed by atoms with Crippen molar-refractivity contribution in [1.82, 2.24) is 9.55 Å². The maximum Gasteiger partial charge on any atom is 0.335 e. The quantitative estimate of drug-likeness (QED) is 0.837. The lowest BCUT2D eigenvalue weighted by Gasteiger charge is -2.05. The Kier molecular flexibility index (Phi) is 2.48. The van der Waals surface area contributed by atoms with Gasteiger partial charge in [0.05, 0.1) is 17.6 Å². The minimum absolute atomic E-state index is 0.293. The normalized spacial score (nSPS) is 10.4. The van der Waals surface area contributed by atoms with Gasteiger partial charge in [-0.15, -0.1) is 0 Å². The zero-order valence-corrected chi connectivity index (χ0v) is 9.14. The van der Waals surface area contributed by atoms with E-state index in [0.29, 0.717) is 5.56 Å². The first-order valence-electron chi connectivity index (χ1n) is 4.92. The van der Waals surface area contributed by atoms with Gasteiger partial charge in [0.2, 0.25) is 0 Å². The van der Waals surface area contributed by atoms with Crippen LogP contribution < -0.4 is 0 Å². The summed E-state index contributed by atoms with van der Waals surface area (Å²) in [6.45, 7) is 3.77. The zero-order chi connectivity index (χ0) is 11.7. The van der Waals surface area contributed by atoms with Crippen LogP contribution in [0.1, 0.15) is 21.6 Å². The Hall–Kier alpha value is -2.10. The van der Waals surface area contributed by atoms with Crippen molar-refractivity contribution in [1.29, 1.82) is 0 Å². The van der Waals surface area contributed by atoms with Gasteiger partial charge in [0.15, 0.2) is 0 Å². The summed E-state index contributed by atoms with van der Waals surface area (Å²) in [6, 6.07) is 5.21. The van der Waals surface area contributed by atoms with Crippen molar-refractivity contribution in [2.24, 2.45) is 0 Å². The minimum atomic E-state index is -0.915. The van der Waals surface area contributed by atoms with E-state index >= 15 is 0 Å². The van der Waals surface area contributed by atoms with E-state index in [0.717, 1.165) is 16.9 Å². The van der Waals surface area contributed by atoms with Crippen molar-refractivity contribution >= 4 is 5.97 Å². The van der Waals surface area contributed by atoms with Crippen molar-refractivity contribution in [3.8, 4) is 5.69 Å². The average molecular weight is 216 g/mol. The van der Waals surface area contributed by atoms with Crippen LogP contribution in [-0.2, 0) is 0 Å². The second-order valence-corrected chi connectivity index (χ2v) is 3.78. The van der Waals surface area contributed by atoms with Crippen LogP contribution in [0.4, 0.5) is 0 Å². The number of aromatic nitrogens is 2. The fraction of sp³-hybridized carbons (Fsp3) is 0.167. The topological polar surface area (TPSA) is 55.1 Å². The highest BCUT2D eigenvalue weighted by molar-refractivity contribution is 5.88. The van der Waals surface area contributed by atoms with Gasteiger partial charge in [-0.25, -0.2) is 9.78 Å². The fourth-order valence-corrected chi connectivity index (χ4v) is 1.60. The molecule has 0 aliphatic carbocycles. The molecule has 0 aliphatic rings. The predicted octanol–water partition coefficient (Wildman–Crippen LogP) is 2.19. The maximum absolute atomic E-state index is 10.9. The highest BCUT2D eigenvalue weighted by Crippen LogP contribution is 2.14. The molecule has 0 saturated carbocycles. The van der Waals surface area contributed by atoms with E-state index in [-0.39, 0.29) is 0 Å². The number of carboxylic acid groups (broad SMARTS) is 1. The van der Waals surface area contributed by atoms with Crippen molar-refractivity contribution in [3.05, 3.63) is 47.5 Å². The molecular weight excluding hydrogens is 204 g/mol. The van der Waals surface area contributed by atoms with E-state index in [1.807, 2.05) is 30.7 Å². The van der Waals surface area contributed by atoms with E-state index in [2.05, 4.69) is 4.98 Å². The SMILES string of the molecule is Cc1cc(C(=O)O)cc(-n2cnc(C)c2)c1. The van der Waals surface area contributed by atoms with Crippen LogP contribution in [0.25, 0.3) is 5.69 Å². The third kappa shape index (κ3) is 1.95. The zero-order valence-electron chi connectivity index (χ0n) is 9.14. The molecule has 0 fully saturated rings. The minimum Gasteiger partial charge on any atom is -0.478 e. The summed E-state index contributed by atoms with van der Waals surface area (Å²) >= 11 is 0. The molecule has 0 unspecified atom stereocenters. The van der Waals surface area contributed by atoms with Crippen LogP contribution in [-0.4, -0.2) is 20.6 Å². The van der Waals surface area contributed by atoms with E-state index in [1.165, 1.54) is 0 Å². The van der Waals surface area contributed by atoms with Crippen molar-refractivity contribution in [3.63, 3.8) is 0 Å². The van der Waals surface area contributed by atoms with E-state index in [1.54, 1.807) is 18.5 Å². The highest BCUT2D eigenvalue weighted by Gasteiger charge is 2.06. The van der Waals surface area contributed by atoms with Gasteiger partial charge in [-0.1, -0.05) is 0 Å². The molecule has 82 valence electrons. The lowest BCUT2D eigenvalue weighted by Crippen LogP contribution is -2.00. The van der Waals surface area contributed by atoms with Crippen molar-refractivity contribution in [2.45, 2.75) is 13.8 Å². The largest absolute Gasteiger partial charge is 0.478 e. The molecule has 2 rings (SSSR count). The molecule has 4 heteroatoms. The van der Waals surface area contributed by atoms with Crippen LogP contribution in [0.2, 0.25) is 0 Å². The molecule has 2 aromatic rings. The first kappa shape index (κ1) is 10.4. The Labute approximate surface area is 93.2 Å². The van der Waals surface area contributed by atoms with Crippen LogP contribution in [0.3, 0.4) is 0 Å². The molecule has 4 nitrogen and oxygen atoms in total. The molecule has 0 aliphatic heterocycles. The number of aromatic carboxylic acids is 1. The summed E-state index contributed by atoms with van der Waals surface area (Å²) in [5.41, 5.74) is 2.93. The fourth-order valence-electron chi connectivity index (χ4n) is 1.60. The molecule has 16 heavy (non-hydrogen) atoms. The summed E-state index contributed by atoms with van der Waals surface area (Å²) in [5, 5.41) is 8.96. The standard InChI is InChI=1S/C12H12N2O2/c1-8-3-10(12(15)16)5-11(4-8)14-6-9(2)13-7-14/h3-7H,1-2H3,(H,15,16). The van der Waals surface area contributed by atoms with Crippen LogP contribution in [0.5, 0.6) is 0 Å². The van der Waals surface area contributed by atoms with Gasteiger partial charge in [0.25, 0.3) is 0 Å². The third-order valence-electron chi connectivity index (χ3n) is 2.32. The number of imidazole rings is 1. The Bertz CT molecular complexity index is 544. The second-order valence-electron chi connectivity index (χ2n) is 3.78. The molecule has 0 saturated heterocycles. The molecule has 1 heterocycles. The Morgan fingerprint density at radius 2 is 2.06 bits per heavy atom. The molecule has 1 N–H and O–H groups in total. The summed E-state index contributed by atoms with van der Waals surface area (Å²) in [4.78, 5) is 15.0. The molecule has 1 aromatic carbocycles. The molecule has 0 amide bonds. The number of aryl methyl sites for hydroxylation is 2. The number of hydrogen-bond acceptors (Lipinski definition) is 2. The first-order chi connectivity index (χ1) is 7.56. The highest BCUT2D eigenvalue weighted by atomic mass is 16.4. The summed E-state index contributed by atoms with van der Waals surface area (Å²) in [6.07, 6.45) is 3.54. The van der Waals surface area contributed by atoms with Crippen LogP contribution >= 0.6 is 0 Å². The van der Waals surface area contributed by atoms with Crippen molar-refractivity contribution < 1.29 is 9.90 Å². The van der Waals surface area contributed by atoms with E-state index in [9.17, 15) is 4.79 Å². The van der Waals surface area contributed by atoms with Gasteiger partial charge in [0.1, 0.15) is 0 Å². The lowest BCUT2D eigenvalue weighted by atomic mass is 10.1. The van der Waals surface area contributed by atoms with E-state index < -0.39 is 5.97 Å². The van der Waals surface area contributed by atoms with Gasteiger partial charge < -0.3 is 9.67 Å². The van der Waals surface area contributed by atoms with Crippen molar-refractivity contribution in [2.75, 3.05) is 0 Å². The summed E-state index contributed by atoms with van der Waals surface area (Å²) in [7, 11) is 0. The Morgan fingerprint density at radius 1 is 1.31 bits per heavy atom. The molecule has 0 atom stereocenters. The maximum atomic E-state index is 10.9. The first-order valence-corrected chi connectivity index (χ1v) is 4.92. The van der Waals surface area contributed by atoms with Crippen LogP contribution in [0, 0.1) is 13.8 Å². The Morgan fingerprint density at radius 3 is 2.62 bits per heavy atom. The second kappa shape index (κ2) is 3.81. The van der Waals surface area contributed by atoms with Crippen LogP contribution in [0.15, 0.2) is 30.7 Å². The average Bonchev–Trinajstić information content (AvgIpc) is 2.64. The number of rotatable bonds is 2. The van der Waals surface area contributed by atoms with Gasteiger partial charge in [-0.2, -0.15) is 0 Å². The summed E-state index contributed by atoms with van der Waals surface area (Å²) in [5.74, 6) is -0.915. The van der Waals surface area contributed by atoms with Gasteiger partial charge in [0, 0.05) is 11.9 Å². The summed E-state index contributed by atoms with van der Waals surface area (Å²) < 4.78 is 1.81. The predicted molar refractivity (Wildman–Crippen MR) is 60.0 cm³/mol. The lowest BCUT2D eigenvalue weighted by molar-refractivity contribution is 0.0696. The third-order valence-corrected chi connectivity index (χ3v) is 2.32. The van der Waals surface area contributed by atoms with Gasteiger partial charge >= 0.3 is 5.97 Å². The smallest absolute Gasteiger partial charge is 0.335 e. The number of carboxylic acids is 1. The number of nitrogens with zero attached hydrogens (tertiary/aromatic N) is 2. The van der Waals surface area contributed by atoms with Gasteiger partial charge in [-0.3, -0.25) is 0 Å². The molecule has 0 bridgehead atoms. The van der Waals surface area contributed by atoms with Gasteiger partial charge in [-0.05, 0) is 37.6 Å². The number of hydrogen-bond donors (Lipinski definition) is 1. The number of carbonyl (C=O) groups is 1. The monoisotopic (exact) mass is 216 g/mol.